The molecule has 0 fully saturated rings. The normalized spacial score (nSPS) is 14.2. The molecule has 2 heterocycles. The van der Waals surface area contributed by atoms with Crippen molar-refractivity contribution in [2.45, 2.75) is 19.8 Å². The highest BCUT2D eigenvalue weighted by Crippen LogP contribution is 2.30. The summed E-state index contributed by atoms with van der Waals surface area (Å²) in [7, 11) is 1.83. The quantitative estimate of drug-likeness (QED) is 0.805. The minimum atomic E-state index is 0.0151. The molecule has 3 rings (SSSR count). The number of carbonyl (C=O) groups is 1. The Bertz CT molecular complexity index is 675. The van der Waals surface area contributed by atoms with E-state index in [0.717, 1.165) is 42.0 Å². The summed E-state index contributed by atoms with van der Waals surface area (Å²) in [4.78, 5) is 14.6. The van der Waals surface area contributed by atoms with Crippen LogP contribution in [0.3, 0.4) is 0 Å². The topological polar surface area (TPSA) is 64.2 Å². The van der Waals surface area contributed by atoms with Crippen LogP contribution in [-0.4, -0.2) is 22.2 Å². The summed E-state index contributed by atoms with van der Waals surface area (Å²) in [5.74, 6) is 0.0151. The van der Waals surface area contributed by atoms with Gasteiger partial charge in [0.25, 0.3) is 5.91 Å². The predicted octanol–water partition coefficient (Wildman–Crippen LogP) is 1.90. The summed E-state index contributed by atoms with van der Waals surface area (Å²) in [5.41, 5.74) is 10.1. The SMILES string of the molecule is Cc1nn(C)cc1C(=O)N1CCCc2cc(N)ccc21. The maximum absolute atomic E-state index is 12.7. The zero-order chi connectivity index (χ0) is 14.3. The molecule has 0 bridgehead atoms. The van der Waals surface area contributed by atoms with E-state index in [9.17, 15) is 4.79 Å². The van der Waals surface area contributed by atoms with Crippen LogP contribution in [0.5, 0.6) is 0 Å². The molecule has 5 nitrogen and oxygen atoms in total. The van der Waals surface area contributed by atoms with E-state index in [1.165, 1.54) is 0 Å². The van der Waals surface area contributed by atoms with Crippen molar-refractivity contribution < 1.29 is 4.79 Å². The van der Waals surface area contributed by atoms with Crippen LogP contribution in [0, 0.1) is 6.92 Å². The number of nitrogens with zero attached hydrogens (tertiary/aromatic N) is 3. The summed E-state index contributed by atoms with van der Waals surface area (Å²) >= 11 is 0. The van der Waals surface area contributed by atoms with Crippen molar-refractivity contribution >= 4 is 17.3 Å². The van der Waals surface area contributed by atoms with Gasteiger partial charge in [-0.05, 0) is 43.5 Å². The third-order valence-corrected chi connectivity index (χ3v) is 3.71. The lowest BCUT2D eigenvalue weighted by molar-refractivity contribution is 0.0984. The first-order valence-electron chi connectivity index (χ1n) is 6.77. The van der Waals surface area contributed by atoms with Gasteiger partial charge in [-0.15, -0.1) is 0 Å². The number of nitrogen functional groups attached to an aromatic ring is 1. The molecule has 1 aromatic heterocycles. The van der Waals surface area contributed by atoms with Crippen molar-refractivity contribution in [2.75, 3.05) is 17.2 Å². The Balaban J connectivity index is 2.00. The molecular formula is C15H18N4O. The lowest BCUT2D eigenvalue weighted by Crippen LogP contribution is -2.35. The van der Waals surface area contributed by atoms with E-state index in [4.69, 9.17) is 5.73 Å². The average molecular weight is 270 g/mol. The van der Waals surface area contributed by atoms with E-state index in [-0.39, 0.29) is 5.91 Å². The second-order valence-electron chi connectivity index (χ2n) is 5.25. The Morgan fingerprint density at radius 2 is 2.20 bits per heavy atom. The van der Waals surface area contributed by atoms with Gasteiger partial charge < -0.3 is 10.6 Å². The molecule has 104 valence electrons. The van der Waals surface area contributed by atoms with Crippen molar-refractivity contribution in [3.63, 3.8) is 0 Å². The third-order valence-electron chi connectivity index (χ3n) is 3.71. The maximum atomic E-state index is 12.7. The molecule has 0 atom stereocenters. The van der Waals surface area contributed by atoms with Crippen LogP contribution in [-0.2, 0) is 13.5 Å². The molecule has 2 aromatic rings. The summed E-state index contributed by atoms with van der Waals surface area (Å²) in [6.07, 6.45) is 3.71. The Kier molecular flexibility index (Phi) is 2.97. The summed E-state index contributed by atoms with van der Waals surface area (Å²) in [6, 6.07) is 5.75. The highest BCUT2D eigenvalue weighted by Gasteiger charge is 2.25. The Morgan fingerprint density at radius 1 is 1.40 bits per heavy atom. The van der Waals surface area contributed by atoms with Gasteiger partial charge >= 0.3 is 0 Å². The number of aromatic nitrogens is 2. The van der Waals surface area contributed by atoms with Gasteiger partial charge in [0.1, 0.15) is 0 Å². The van der Waals surface area contributed by atoms with Crippen LogP contribution < -0.4 is 10.6 Å². The number of nitrogens with two attached hydrogens (primary N) is 1. The molecule has 2 N–H and O–H groups in total. The molecule has 0 aliphatic carbocycles. The molecule has 0 radical (unpaired) electrons. The molecule has 5 heteroatoms. The van der Waals surface area contributed by atoms with E-state index in [0.29, 0.717) is 5.56 Å². The lowest BCUT2D eigenvalue weighted by atomic mass is 10.00. The molecule has 1 aliphatic heterocycles. The number of carbonyl (C=O) groups excluding carboxylic acids is 1. The van der Waals surface area contributed by atoms with Crippen LogP contribution in [0.15, 0.2) is 24.4 Å². The zero-order valence-electron chi connectivity index (χ0n) is 11.8. The number of amides is 1. The van der Waals surface area contributed by atoms with Gasteiger partial charge in [0.2, 0.25) is 0 Å². The van der Waals surface area contributed by atoms with Crippen LogP contribution in [0.2, 0.25) is 0 Å². The van der Waals surface area contributed by atoms with Gasteiger partial charge in [0.05, 0.1) is 11.3 Å². The fourth-order valence-corrected chi connectivity index (χ4v) is 2.78. The smallest absolute Gasteiger partial charge is 0.261 e. The van der Waals surface area contributed by atoms with Crippen LogP contribution in [0.25, 0.3) is 0 Å². The standard InChI is InChI=1S/C15H18N4O/c1-10-13(9-18(2)17-10)15(20)19-7-3-4-11-8-12(16)5-6-14(11)19/h5-6,8-9H,3-4,7,16H2,1-2H3. The summed E-state index contributed by atoms with van der Waals surface area (Å²) < 4.78 is 1.68. The highest BCUT2D eigenvalue weighted by atomic mass is 16.2. The van der Waals surface area contributed by atoms with Crippen LogP contribution >= 0.6 is 0 Å². The van der Waals surface area contributed by atoms with Crippen molar-refractivity contribution in [1.29, 1.82) is 0 Å². The monoisotopic (exact) mass is 270 g/mol. The molecule has 1 aliphatic rings. The number of rotatable bonds is 1. The van der Waals surface area contributed by atoms with E-state index in [2.05, 4.69) is 5.10 Å². The van der Waals surface area contributed by atoms with Crippen molar-refractivity contribution in [2.24, 2.45) is 7.05 Å². The molecule has 0 unspecified atom stereocenters. The fraction of sp³-hybridized carbons (Fsp3) is 0.333. The largest absolute Gasteiger partial charge is 0.399 e. The minimum Gasteiger partial charge on any atom is -0.399 e. The molecule has 0 saturated heterocycles. The summed E-state index contributed by atoms with van der Waals surface area (Å²) in [6.45, 7) is 2.60. The molecule has 0 spiro atoms. The number of hydrogen-bond acceptors (Lipinski definition) is 3. The van der Waals surface area contributed by atoms with E-state index in [1.807, 2.05) is 37.1 Å². The maximum Gasteiger partial charge on any atom is 0.261 e. The summed E-state index contributed by atoms with van der Waals surface area (Å²) in [5, 5.41) is 4.25. The first-order chi connectivity index (χ1) is 9.56. The number of anilines is 2. The number of aryl methyl sites for hydroxylation is 3. The lowest BCUT2D eigenvalue weighted by Gasteiger charge is -2.29. The van der Waals surface area contributed by atoms with Crippen LogP contribution in [0.4, 0.5) is 11.4 Å². The van der Waals surface area contributed by atoms with Gasteiger partial charge in [0.15, 0.2) is 0 Å². The van der Waals surface area contributed by atoms with Gasteiger partial charge in [-0.2, -0.15) is 5.10 Å². The van der Waals surface area contributed by atoms with E-state index in [1.54, 1.807) is 10.9 Å². The third kappa shape index (κ3) is 2.05. The Morgan fingerprint density at radius 3 is 2.90 bits per heavy atom. The number of fused-ring (bicyclic) bond motifs is 1. The Hall–Kier alpha value is -2.30. The predicted molar refractivity (Wildman–Crippen MR) is 78.8 cm³/mol. The van der Waals surface area contributed by atoms with Crippen molar-refractivity contribution in [3.05, 3.63) is 41.2 Å². The molecule has 0 saturated carbocycles. The first kappa shape index (κ1) is 12.7. The first-order valence-corrected chi connectivity index (χ1v) is 6.77. The number of benzene rings is 1. The fourth-order valence-electron chi connectivity index (χ4n) is 2.78. The van der Waals surface area contributed by atoms with Crippen molar-refractivity contribution in [3.8, 4) is 0 Å². The van der Waals surface area contributed by atoms with E-state index >= 15 is 0 Å². The van der Waals surface area contributed by atoms with Gasteiger partial charge in [-0.25, -0.2) is 0 Å². The molecular weight excluding hydrogens is 252 g/mol. The van der Waals surface area contributed by atoms with Gasteiger partial charge in [-0.1, -0.05) is 0 Å². The molecule has 1 aromatic carbocycles. The zero-order valence-corrected chi connectivity index (χ0v) is 11.8. The molecule has 1 amide bonds. The van der Waals surface area contributed by atoms with Gasteiger partial charge in [0, 0.05) is 31.2 Å². The van der Waals surface area contributed by atoms with Crippen molar-refractivity contribution in [1.82, 2.24) is 9.78 Å². The van der Waals surface area contributed by atoms with E-state index < -0.39 is 0 Å². The molecule has 20 heavy (non-hydrogen) atoms. The minimum absolute atomic E-state index is 0.0151. The highest BCUT2D eigenvalue weighted by molar-refractivity contribution is 6.07. The number of hydrogen-bond donors (Lipinski definition) is 1. The second-order valence-corrected chi connectivity index (χ2v) is 5.25. The van der Waals surface area contributed by atoms with Gasteiger partial charge in [-0.3, -0.25) is 9.48 Å². The Labute approximate surface area is 118 Å². The average Bonchev–Trinajstić information content (AvgIpc) is 2.76. The van der Waals surface area contributed by atoms with Crippen LogP contribution in [0.1, 0.15) is 28.0 Å². The second kappa shape index (κ2) is 4.67.